The van der Waals surface area contributed by atoms with E-state index >= 15 is 0 Å². The van der Waals surface area contributed by atoms with Crippen molar-refractivity contribution in [3.63, 3.8) is 0 Å². The van der Waals surface area contributed by atoms with Gasteiger partial charge in [0.05, 0.1) is 6.54 Å². The van der Waals surface area contributed by atoms with Crippen LogP contribution in [-0.4, -0.2) is 23.9 Å². The van der Waals surface area contributed by atoms with Crippen LogP contribution in [0.1, 0.15) is 16.9 Å². The van der Waals surface area contributed by atoms with E-state index in [1.807, 2.05) is 54.9 Å². The highest BCUT2D eigenvalue weighted by atomic mass is 32.1. The third kappa shape index (κ3) is 4.47. The Kier molecular flexibility index (Phi) is 5.32. The number of nitrogens with two attached hydrogens (primary N) is 1. The molecule has 0 saturated heterocycles. The summed E-state index contributed by atoms with van der Waals surface area (Å²) in [6.07, 6.45) is 1.12. The number of benzene rings is 1. The minimum Gasteiger partial charge on any atom is -0.341 e. The smallest absolute Gasteiger partial charge is 0.224 e. The van der Waals surface area contributed by atoms with E-state index in [1.54, 1.807) is 16.2 Å². The first-order chi connectivity index (χ1) is 9.65. The summed E-state index contributed by atoms with van der Waals surface area (Å²) < 4.78 is 0. The zero-order valence-electron chi connectivity index (χ0n) is 11.7. The van der Waals surface area contributed by atoms with Crippen molar-refractivity contribution < 1.29 is 4.79 Å². The van der Waals surface area contributed by atoms with Crippen LogP contribution in [0.25, 0.3) is 0 Å². The minimum absolute atomic E-state index is 0.0989. The van der Waals surface area contributed by atoms with Crippen LogP contribution in [-0.2, 0) is 17.8 Å². The molecule has 1 aromatic heterocycles. The van der Waals surface area contributed by atoms with E-state index in [4.69, 9.17) is 5.73 Å². The Hall–Kier alpha value is -1.65. The molecular weight excluding hydrogens is 268 g/mol. The van der Waals surface area contributed by atoms with Crippen LogP contribution in [0.5, 0.6) is 0 Å². The number of rotatable bonds is 6. The Balaban J connectivity index is 1.81. The van der Waals surface area contributed by atoms with Crippen molar-refractivity contribution in [1.82, 2.24) is 4.90 Å². The first-order valence-corrected chi connectivity index (χ1v) is 7.59. The van der Waals surface area contributed by atoms with Crippen LogP contribution < -0.4 is 5.73 Å². The highest BCUT2D eigenvalue weighted by molar-refractivity contribution is 7.09. The summed E-state index contributed by atoms with van der Waals surface area (Å²) in [6, 6.07) is 14.0. The molecule has 3 nitrogen and oxygen atoms in total. The van der Waals surface area contributed by atoms with Crippen LogP contribution in [0.2, 0.25) is 0 Å². The average molecular weight is 288 g/mol. The summed E-state index contributed by atoms with van der Waals surface area (Å²) in [5.41, 5.74) is 7.25. The lowest BCUT2D eigenvalue weighted by atomic mass is 10.0. The molecule has 1 aromatic carbocycles. The van der Waals surface area contributed by atoms with E-state index in [1.165, 1.54) is 10.4 Å². The predicted molar refractivity (Wildman–Crippen MR) is 83.5 cm³/mol. The molecule has 2 aromatic rings. The van der Waals surface area contributed by atoms with Gasteiger partial charge in [0.15, 0.2) is 0 Å². The Labute approximate surface area is 124 Å². The lowest BCUT2D eigenvalue weighted by Crippen LogP contribution is -2.34. The van der Waals surface area contributed by atoms with Gasteiger partial charge in [0.2, 0.25) is 5.91 Å². The highest BCUT2D eigenvalue weighted by Gasteiger charge is 2.14. The van der Waals surface area contributed by atoms with Crippen molar-refractivity contribution in [2.45, 2.75) is 25.4 Å². The third-order valence-electron chi connectivity index (χ3n) is 3.18. The summed E-state index contributed by atoms with van der Waals surface area (Å²) in [7, 11) is 1.83. The highest BCUT2D eigenvalue weighted by Crippen LogP contribution is 2.12. The minimum atomic E-state index is -0.129. The van der Waals surface area contributed by atoms with Gasteiger partial charge in [0.25, 0.3) is 0 Å². The van der Waals surface area contributed by atoms with E-state index in [9.17, 15) is 4.79 Å². The first kappa shape index (κ1) is 14.8. The molecule has 2 rings (SSSR count). The van der Waals surface area contributed by atoms with E-state index in [0.29, 0.717) is 13.0 Å². The second kappa shape index (κ2) is 7.22. The van der Waals surface area contributed by atoms with Gasteiger partial charge in [-0.15, -0.1) is 11.3 Å². The van der Waals surface area contributed by atoms with Gasteiger partial charge in [-0.3, -0.25) is 4.79 Å². The molecule has 0 aliphatic carbocycles. The van der Waals surface area contributed by atoms with Gasteiger partial charge in [-0.25, -0.2) is 0 Å². The Morgan fingerprint density at radius 2 is 2.00 bits per heavy atom. The standard InChI is InChI=1S/C16H20N2OS/c1-18(12-15-8-5-9-20-15)16(19)11-14(17)10-13-6-3-2-4-7-13/h2-9,14H,10-12,17H2,1H3/t14-/m0/s1. The molecule has 0 radical (unpaired) electrons. The molecule has 0 spiro atoms. The van der Waals surface area contributed by atoms with Gasteiger partial charge >= 0.3 is 0 Å². The fourth-order valence-electron chi connectivity index (χ4n) is 2.09. The van der Waals surface area contributed by atoms with E-state index in [0.717, 1.165) is 6.42 Å². The van der Waals surface area contributed by atoms with Crippen LogP contribution in [0.15, 0.2) is 47.8 Å². The predicted octanol–water partition coefficient (Wildman–Crippen LogP) is 2.67. The summed E-state index contributed by atoms with van der Waals surface area (Å²) in [5.74, 6) is 0.0989. The molecule has 1 heterocycles. The lowest BCUT2D eigenvalue weighted by molar-refractivity contribution is -0.130. The number of hydrogen-bond donors (Lipinski definition) is 1. The van der Waals surface area contributed by atoms with Crippen LogP contribution >= 0.6 is 11.3 Å². The SMILES string of the molecule is CN(Cc1cccs1)C(=O)C[C@@H](N)Cc1ccccc1. The Morgan fingerprint density at radius 1 is 1.25 bits per heavy atom. The molecule has 0 saturated carbocycles. The van der Waals surface area contributed by atoms with Crippen molar-refractivity contribution in [3.8, 4) is 0 Å². The van der Waals surface area contributed by atoms with Crippen molar-refractivity contribution in [1.29, 1.82) is 0 Å². The normalized spacial score (nSPS) is 12.1. The third-order valence-corrected chi connectivity index (χ3v) is 4.04. The van der Waals surface area contributed by atoms with Gasteiger partial charge in [-0.1, -0.05) is 36.4 Å². The molecule has 0 fully saturated rings. The van der Waals surface area contributed by atoms with Gasteiger partial charge in [0.1, 0.15) is 0 Å². The maximum Gasteiger partial charge on any atom is 0.224 e. The lowest BCUT2D eigenvalue weighted by Gasteiger charge is -2.19. The average Bonchev–Trinajstić information content (AvgIpc) is 2.92. The van der Waals surface area contributed by atoms with Crippen LogP contribution in [0, 0.1) is 0 Å². The number of hydrogen-bond acceptors (Lipinski definition) is 3. The van der Waals surface area contributed by atoms with Gasteiger partial charge < -0.3 is 10.6 Å². The zero-order valence-corrected chi connectivity index (χ0v) is 12.5. The molecule has 4 heteroatoms. The molecule has 20 heavy (non-hydrogen) atoms. The van der Waals surface area contributed by atoms with Gasteiger partial charge in [-0.05, 0) is 23.4 Å². The summed E-state index contributed by atoms with van der Waals surface area (Å²) in [6.45, 7) is 0.661. The summed E-state index contributed by atoms with van der Waals surface area (Å²) >= 11 is 1.67. The summed E-state index contributed by atoms with van der Waals surface area (Å²) in [4.78, 5) is 15.1. The maximum atomic E-state index is 12.1. The molecule has 1 atom stereocenters. The zero-order chi connectivity index (χ0) is 14.4. The van der Waals surface area contributed by atoms with Gasteiger partial charge in [-0.2, -0.15) is 0 Å². The van der Waals surface area contributed by atoms with Crippen molar-refractivity contribution in [2.24, 2.45) is 5.73 Å². The second-order valence-corrected chi connectivity index (χ2v) is 6.02. The maximum absolute atomic E-state index is 12.1. The van der Waals surface area contributed by atoms with Gasteiger partial charge in [0, 0.05) is 24.4 Å². The topological polar surface area (TPSA) is 46.3 Å². The Bertz CT molecular complexity index is 525. The monoisotopic (exact) mass is 288 g/mol. The summed E-state index contributed by atoms with van der Waals surface area (Å²) in [5, 5.41) is 2.02. The molecule has 0 bridgehead atoms. The molecule has 0 aliphatic rings. The van der Waals surface area contributed by atoms with Crippen LogP contribution in [0.3, 0.4) is 0 Å². The van der Waals surface area contributed by atoms with E-state index < -0.39 is 0 Å². The van der Waals surface area contributed by atoms with E-state index in [-0.39, 0.29) is 11.9 Å². The number of amides is 1. The molecule has 106 valence electrons. The first-order valence-electron chi connectivity index (χ1n) is 6.71. The van der Waals surface area contributed by atoms with Crippen molar-refractivity contribution in [2.75, 3.05) is 7.05 Å². The van der Waals surface area contributed by atoms with Crippen LogP contribution in [0.4, 0.5) is 0 Å². The molecule has 0 unspecified atom stereocenters. The van der Waals surface area contributed by atoms with Crippen molar-refractivity contribution >= 4 is 17.2 Å². The quantitative estimate of drug-likeness (QED) is 0.888. The largest absolute Gasteiger partial charge is 0.341 e. The molecular formula is C16H20N2OS. The van der Waals surface area contributed by atoms with E-state index in [2.05, 4.69) is 0 Å². The molecule has 2 N–H and O–H groups in total. The number of carbonyl (C=O) groups is 1. The number of thiophene rings is 1. The Morgan fingerprint density at radius 3 is 2.65 bits per heavy atom. The second-order valence-electron chi connectivity index (χ2n) is 4.98. The number of nitrogens with zero attached hydrogens (tertiary/aromatic N) is 1. The molecule has 0 aliphatic heterocycles. The fourth-order valence-corrected chi connectivity index (χ4v) is 2.85. The number of carbonyl (C=O) groups excluding carboxylic acids is 1. The molecule has 1 amide bonds. The van der Waals surface area contributed by atoms with Crippen molar-refractivity contribution in [3.05, 3.63) is 58.3 Å². The fraction of sp³-hybridized carbons (Fsp3) is 0.312.